The van der Waals surface area contributed by atoms with E-state index in [0.29, 0.717) is 18.3 Å². The fraction of sp³-hybridized carbons (Fsp3) is 0.391. The molecule has 0 saturated carbocycles. The predicted octanol–water partition coefficient (Wildman–Crippen LogP) is 4.78. The van der Waals surface area contributed by atoms with Gasteiger partial charge in [-0.25, -0.2) is 4.98 Å². The number of nitrogens with zero attached hydrogens (tertiary/aromatic N) is 3. The quantitative estimate of drug-likeness (QED) is 0.497. The van der Waals surface area contributed by atoms with Crippen LogP contribution in [0.1, 0.15) is 24.2 Å². The van der Waals surface area contributed by atoms with Crippen LogP contribution < -0.4 is 14.4 Å². The molecule has 1 aliphatic rings. The molecule has 0 radical (unpaired) electrons. The highest BCUT2D eigenvalue weighted by Gasteiger charge is 2.25. The molecule has 1 aromatic heterocycles. The molecule has 1 aliphatic heterocycles. The first-order chi connectivity index (χ1) is 15.0. The lowest BCUT2D eigenvalue weighted by atomic mass is 10.2. The van der Waals surface area contributed by atoms with Crippen molar-refractivity contribution in [2.45, 2.75) is 24.0 Å². The number of fused-ring (bicyclic) bond motifs is 1. The molecular formula is C23H27N3O3S2. The molecule has 0 spiro atoms. The third-order valence-corrected chi connectivity index (χ3v) is 7.32. The number of methoxy groups -OCH3 is 2. The molecule has 1 amide bonds. The van der Waals surface area contributed by atoms with Crippen molar-refractivity contribution in [3.05, 3.63) is 42.0 Å². The van der Waals surface area contributed by atoms with Gasteiger partial charge >= 0.3 is 0 Å². The first-order valence-electron chi connectivity index (χ1n) is 10.3. The highest BCUT2D eigenvalue weighted by molar-refractivity contribution is 7.99. The van der Waals surface area contributed by atoms with Gasteiger partial charge < -0.3 is 19.3 Å². The number of benzene rings is 2. The minimum absolute atomic E-state index is 0.0958. The maximum atomic E-state index is 13.0. The van der Waals surface area contributed by atoms with Gasteiger partial charge in [-0.05, 0) is 30.3 Å². The van der Waals surface area contributed by atoms with E-state index in [-0.39, 0.29) is 5.91 Å². The van der Waals surface area contributed by atoms with Gasteiger partial charge in [0.25, 0.3) is 5.91 Å². The average molecular weight is 458 g/mol. The van der Waals surface area contributed by atoms with E-state index in [0.717, 1.165) is 50.4 Å². The Bertz CT molecular complexity index is 1030. The van der Waals surface area contributed by atoms with E-state index in [1.807, 2.05) is 35.2 Å². The molecular weight excluding hydrogens is 430 g/mol. The molecule has 164 valence electrons. The van der Waals surface area contributed by atoms with Gasteiger partial charge in [-0.2, -0.15) is 0 Å². The molecule has 2 heterocycles. The van der Waals surface area contributed by atoms with E-state index in [9.17, 15) is 4.79 Å². The largest absolute Gasteiger partial charge is 0.495 e. The summed E-state index contributed by atoms with van der Waals surface area (Å²) in [5.74, 6) is 1.64. The zero-order valence-electron chi connectivity index (χ0n) is 18.3. The Hall–Kier alpha value is -2.45. The van der Waals surface area contributed by atoms with Crippen molar-refractivity contribution in [2.75, 3.05) is 45.3 Å². The van der Waals surface area contributed by atoms with Gasteiger partial charge in [0.05, 0.1) is 14.2 Å². The number of ether oxygens (including phenoxy) is 2. The first kappa shape index (κ1) is 21.8. The number of piperazine rings is 1. The van der Waals surface area contributed by atoms with Crippen LogP contribution in [-0.2, 0) is 0 Å². The van der Waals surface area contributed by atoms with Crippen molar-refractivity contribution >= 4 is 44.4 Å². The third-order valence-electron chi connectivity index (χ3n) is 5.19. The minimum Gasteiger partial charge on any atom is -0.495 e. The van der Waals surface area contributed by atoms with Crippen molar-refractivity contribution in [2.24, 2.45) is 0 Å². The Balaban J connectivity index is 1.47. The molecule has 0 atom stereocenters. The first-order valence-corrected chi connectivity index (χ1v) is 12.0. The molecule has 0 unspecified atom stereocenters. The van der Waals surface area contributed by atoms with E-state index in [4.69, 9.17) is 14.5 Å². The Morgan fingerprint density at radius 1 is 1.06 bits per heavy atom. The molecule has 4 rings (SSSR count). The topological polar surface area (TPSA) is 54.9 Å². The van der Waals surface area contributed by atoms with Crippen LogP contribution in [0.15, 0.2) is 41.3 Å². The molecule has 1 saturated heterocycles. The van der Waals surface area contributed by atoms with E-state index < -0.39 is 0 Å². The maximum absolute atomic E-state index is 13.0. The van der Waals surface area contributed by atoms with Crippen molar-refractivity contribution in [1.82, 2.24) is 9.88 Å². The number of thiazole rings is 1. The Kier molecular flexibility index (Phi) is 6.57. The Morgan fingerprint density at radius 3 is 2.45 bits per heavy atom. The number of rotatable bonds is 6. The molecule has 3 aromatic rings. The second kappa shape index (κ2) is 9.36. The maximum Gasteiger partial charge on any atom is 0.254 e. The van der Waals surface area contributed by atoms with Crippen LogP contribution in [-0.4, -0.2) is 61.4 Å². The summed E-state index contributed by atoms with van der Waals surface area (Å²) in [6.07, 6.45) is 0. The van der Waals surface area contributed by atoms with Crippen LogP contribution in [0.2, 0.25) is 0 Å². The third kappa shape index (κ3) is 4.60. The fourth-order valence-corrected chi connectivity index (χ4v) is 5.69. The summed E-state index contributed by atoms with van der Waals surface area (Å²) in [5.41, 5.74) is 1.58. The molecule has 0 N–H and O–H groups in total. The minimum atomic E-state index is 0.0958. The van der Waals surface area contributed by atoms with Crippen LogP contribution in [0.3, 0.4) is 0 Å². The molecule has 31 heavy (non-hydrogen) atoms. The van der Waals surface area contributed by atoms with Crippen molar-refractivity contribution in [3.8, 4) is 11.5 Å². The smallest absolute Gasteiger partial charge is 0.254 e. The van der Waals surface area contributed by atoms with E-state index in [1.165, 1.54) is 0 Å². The molecule has 0 bridgehead atoms. The van der Waals surface area contributed by atoms with E-state index in [1.54, 1.807) is 37.3 Å². The number of carbonyl (C=O) groups excluding carboxylic acids is 1. The number of anilines is 1. The summed E-state index contributed by atoms with van der Waals surface area (Å²) >= 11 is 3.38. The van der Waals surface area contributed by atoms with Crippen molar-refractivity contribution in [1.29, 1.82) is 0 Å². The van der Waals surface area contributed by atoms with Crippen molar-refractivity contribution < 1.29 is 14.3 Å². The summed E-state index contributed by atoms with van der Waals surface area (Å²) < 4.78 is 12.0. The summed E-state index contributed by atoms with van der Waals surface area (Å²) in [4.78, 5) is 23.2. The van der Waals surface area contributed by atoms with E-state index >= 15 is 0 Å². The van der Waals surface area contributed by atoms with Crippen LogP contribution >= 0.6 is 23.1 Å². The second-order valence-electron chi connectivity index (χ2n) is 7.62. The fourth-order valence-electron chi connectivity index (χ4n) is 3.67. The SMILES string of the molecule is COc1ccc(OC)c2sc(N3CCN(C(=O)c4cccc(SC(C)C)c4)CC3)nc12. The van der Waals surface area contributed by atoms with Crippen LogP contribution in [0.25, 0.3) is 10.2 Å². The lowest BCUT2D eigenvalue weighted by molar-refractivity contribution is 0.0746. The lowest BCUT2D eigenvalue weighted by Crippen LogP contribution is -2.48. The summed E-state index contributed by atoms with van der Waals surface area (Å²) in [7, 11) is 3.32. The zero-order chi connectivity index (χ0) is 22.0. The van der Waals surface area contributed by atoms with Gasteiger partial charge in [0.1, 0.15) is 21.7 Å². The molecule has 0 aliphatic carbocycles. The molecule has 8 heteroatoms. The number of thioether (sulfide) groups is 1. The van der Waals surface area contributed by atoms with Crippen LogP contribution in [0.4, 0.5) is 5.13 Å². The predicted molar refractivity (Wildman–Crippen MR) is 128 cm³/mol. The van der Waals surface area contributed by atoms with Gasteiger partial charge in [-0.1, -0.05) is 31.3 Å². The summed E-state index contributed by atoms with van der Waals surface area (Å²) in [5, 5.41) is 1.42. The highest BCUT2D eigenvalue weighted by atomic mass is 32.2. The number of aromatic nitrogens is 1. The Labute approximate surface area is 191 Å². The van der Waals surface area contributed by atoms with Gasteiger partial charge in [-0.15, -0.1) is 11.8 Å². The monoisotopic (exact) mass is 457 g/mol. The standard InChI is InChI=1S/C23H27N3O3S2/c1-15(2)30-17-7-5-6-16(14-17)22(27)25-10-12-26(13-11-25)23-24-20-18(28-3)8-9-19(29-4)21(20)31-23/h5-9,14-15H,10-13H2,1-4H3. The number of hydrogen-bond acceptors (Lipinski definition) is 7. The number of carbonyl (C=O) groups is 1. The number of amides is 1. The van der Waals surface area contributed by atoms with Crippen LogP contribution in [0.5, 0.6) is 11.5 Å². The van der Waals surface area contributed by atoms with E-state index in [2.05, 4.69) is 24.8 Å². The normalized spacial score (nSPS) is 14.4. The second-order valence-corrected chi connectivity index (χ2v) is 10.2. The van der Waals surface area contributed by atoms with Gasteiger partial charge in [-0.3, -0.25) is 4.79 Å². The van der Waals surface area contributed by atoms with Gasteiger partial charge in [0, 0.05) is 41.9 Å². The summed E-state index contributed by atoms with van der Waals surface area (Å²) in [6.45, 7) is 7.15. The van der Waals surface area contributed by atoms with Gasteiger partial charge in [0.2, 0.25) is 0 Å². The molecule has 2 aromatic carbocycles. The zero-order valence-corrected chi connectivity index (χ0v) is 19.9. The summed E-state index contributed by atoms with van der Waals surface area (Å²) in [6, 6.07) is 11.7. The number of hydrogen-bond donors (Lipinski definition) is 0. The lowest BCUT2D eigenvalue weighted by Gasteiger charge is -2.34. The highest BCUT2D eigenvalue weighted by Crippen LogP contribution is 2.40. The van der Waals surface area contributed by atoms with Gasteiger partial charge in [0.15, 0.2) is 5.13 Å². The molecule has 6 nitrogen and oxygen atoms in total. The van der Waals surface area contributed by atoms with Crippen LogP contribution in [0, 0.1) is 0 Å². The Morgan fingerprint density at radius 2 is 1.77 bits per heavy atom. The average Bonchev–Trinajstić information content (AvgIpc) is 3.23. The van der Waals surface area contributed by atoms with Crippen molar-refractivity contribution in [3.63, 3.8) is 0 Å². The molecule has 1 fully saturated rings.